The van der Waals surface area contributed by atoms with Crippen molar-refractivity contribution in [3.05, 3.63) is 33.2 Å². The van der Waals surface area contributed by atoms with E-state index in [1.807, 2.05) is 25.1 Å². The van der Waals surface area contributed by atoms with E-state index in [2.05, 4.69) is 31.6 Å². The summed E-state index contributed by atoms with van der Waals surface area (Å²) in [5, 5.41) is 9.11. The first kappa shape index (κ1) is 12.3. The Kier molecular flexibility index (Phi) is 3.93. The van der Waals surface area contributed by atoms with Gasteiger partial charge in [-0.05, 0) is 30.7 Å². The highest BCUT2D eigenvalue weighted by Gasteiger charge is 2.04. The fraction of sp³-hybridized carbons (Fsp3) is 0.200. The minimum atomic E-state index is 0.389. The van der Waals surface area contributed by atoms with Gasteiger partial charge in [0.1, 0.15) is 12.4 Å². The first-order valence-corrected chi connectivity index (χ1v) is 6.48. The summed E-state index contributed by atoms with van der Waals surface area (Å²) in [6.07, 6.45) is 0. The van der Waals surface area contributed by atoms with Gasteiger partial charge in [-0.2, -0.15) is 0 Å². The lowest BCUT2D eigenvalue weighted by Crippen LogP contribution is -2.05. The summed E-state index contributed by atoms with van der Waals surface area (Å²) in [5.41, 5.74) is 3.57. The Labute approximate surface area is 111 Å². The summed E-state index contributed by atoms with van der Waals surface area (Å²) in [5.74, 6) is 6.03. The van der Waals surface area contributed by atoms with Crippen LogP contribution in [0.1, 0.15) is 10.6 Å². The van der Waals surface area contributed by atoms with E-state index in [9.17, 15) is 0 Å². The number of hydrazine groups is 1. The van der Waals surface area contributed by atoms with E-state index in [4.69, 9.17) is 10.6 Å². The predicted molar refractivity (Wildman–Crippen MR) is 70.9 cm³/mol. The molecule has 0 atom stereocenters. The van der Waals surface area contributed by atoms with E-state index < -0.39 is 0 Å². The second-order valence-electron chi connectivity index (χ2n) is 3.34. The Bertz CT molecular complexity index is 517. The summed E-state index contributed by atoms with van der Waals surface area (Å²) < 4.78 is 6.67. The van der Waals surface area contributed by atoms with Gasteiger partial charge < -0.3 is 4.74 Å². The highest BCUT2D eigenvalue weighted by atomic mass is 79.9. The largest absolute Gasteiger partial charge is 0.486 e. The summed E-state index contributed by atoms with van der Waals surface area (Å²) >= 11 is 4.81. The molecule has 1 aromatic carbocycles. The Morgan fingerprint density at radius 3 is 2.94 bits per heavy atom. The lowest BCUT2D eigenvalue weighted by Gasteiger charge is -2.05. The maximum Gasteiger partial charge on any atom is 0.219 e. The van der Waals surface area contributed by atoms with E-state index >= 15 is 0 Å². The first-order chi connectivity index (χ1) is 8.19. The molecule has 0 radical (unpaired) electrons. The third kappa shape index (κ3) is 3.15. The molecule has 1 heterocycles. The molecule has 0 amide bonds. The zero-order valence-electron chi connectivity index (χ0n) is 9.11. The van der Waals surface area contributed by atoms with Gasteiger partial charge in [-0.3, -0.25) is 5.43 Å². The van der Waals surface area contributed by atoms with Crippen LogP contribution in [0.4, 0.5) is 5.13 Å². The number of rotatable bonds is 4. The smallest absolute Gasteiger partial charge is 0.219 e. The van der Waals surface area contributed by atoms with Gasteiger partial charge in [-0.1, -0.05) is 27.3 Å². The van der Waals surface area contributed by atoms with E-state index in [0.29, 0.717) is 11.7 Å². The Balaban J connectivity index is 1.99. The van der Waals surface area contributed by atoms with Crippen LogP contribution >= 0.6 is 27.3 Å². The van der Waals surface area contributed by atoms with Crippen molar-refractivity contribution in [2.24, 2.45) is 5.84 Å². The second kappa shape index (κ2) is 5.44. The number of nitrogens with two attached hydrogens (primary N) is 1. The molecule has 0 spiro atoms. The number of anilines is 1. The van der Waals surface area contributed by atoms with Gasteiger partial charge in [0.2, 0.25) is 5.13 Å². The Morgan fingerprint density at radius 2 is 2.29 bits per heavy atom. The molecule has 0 aliphatic heterocycles. The fourth-order valence-electron chi connectivity index (χ4n) is 1.22. The number of nitrogens with zero attached hydrogens (tertiary/aromatic N) is 2. The second-order valence-corrected chi connectivity index (χ2v) is 5.26. The molecule has 17 heavy (non-hydrogen) atoms. The van der Waals surface area contributed by atoms with Gasteiger partial charge in [-0.15, -0.1) is 10.2 Å². The van der Waals surface area contributed by atoms with Crippen LogP contribution in [0.5, 0.6) is 5.75 Å². The number of ether oxygens (including phenoxy) is 1. The van der Waals surface area contributed by atoms with Crippen LogP contribution in [0.25, 0.3) is 0 Å². The van der Waals surface area contributed by atoms with Crippen LogP contribution in [0, 0.1) is 6.92 Å². The molecule has 0 bridgehead atoms. The zero-order valence-corrected chi connectivity index (χ0v) is 11.5. The topological polar surface area (TPSA) is 73.1 Å². The van der Waals surface area contributed by atoms with E-state index in [1.165, 1.54) is 11.3 Å². The quantitative estimate of drug-likeness (QED) is 0.670. The normalized spacial score (nSPS) is 10.3. The van der Waals surface area contributed by atoms with Crippen LogP contribution in [-0.4, -0.2) is 10.2 Å². The molecule has 0 saturated heterocycles. The molecule has 7 heteroatoms. The molecule has 3 N–H and O–H groups in total. The summed E-state index contributed by atoms with van der Waals surface area (Å²) in [6, 6.07) is 5.82. The third-order valence-electron chi connectivity index (χ3n) is 2.08. The number of hydrogen-bond donors (Lipinski definition) is 2. The lowest BCUT2D eigenvalue weighted by molar-refractivity contribution is 0.304. The van der Waals surface area contributed by atoms with E-state index in [-0.39, 0.29) is 0 Å². The number of aryl methyl sites for hydroxylation is 1. The van der Waals surface area contributed by atoms with Gasteiger partial charge in [0, 0.05) is 4.47 Å². The van der Waals surface area contributed by atoms with Crippen molar-refractivity contribution in [3.8, 4) is 5.75 Å². The molecule has 5 nitrogen and oxygen atoms in total. The zero-order chi connectivity index (χ0) is 12.3. The maximum absolute atomic E-state index is 5.60. The standard InChI is InChI=1S/C10H11BrN4OS/c1-6-4-7(2-3-8(6)11)16-5-9-14-15-10(13-12)17-9/h2-4H,5,12H2,1H3,(H,13,15). The van der Waals surface area contributed by atoms with Crippen molar-refractivity contribution >= 4 is 32.4 Å². The molecular formula is C10H11BrN4OS. The van der Waals surface area contributed by atoms with Gasteiger partial charge in [0.15, 0.2) is 5.01 Å². The Hall–Kier alpha value is -1.18. The molecule has 1 aromatic heterocycles. The van der Waals surface area contributed by atoms with Gasteiger partial charge in [-0.25, -0.2) is 5.84 Å². The average Bonchev–Trinajstić information content (AvgIpc) is 2.79. The van der Waals surface area contributed by atoms with Crippen LogP contribution in [0.15, 0.2) is 22.7 Å². The molecule has 0 saturated carbocycles. The fourth-order valence-corrected chi connectivity index (χ4v) is 2.03. The number of benzene rings is 1. The maximum atomic E-state index is 5.60. The number of nitrogens with one attached hydrogen (secondary N) is 1. The van der Waals surface area contributed by atoms with Gasteiger partial charge >= 0.3 is 0 Å². The van der Waals surface area contributed by atoms with Crippen molar-refractivity contribution in [1.29, 1.82) is 0 Å². The van der Waals surface area contributed by atoms with Crippen LogP contribution in [0.3, 0.4) is 0 Å². The number of nitrogen functional groups attached to an aromatic ring is 1. The molecular weight excluding hydrogens is 304 g/mol. The monoisotopic (exact) mass is 314 g/mol. The highest BCUT2D eigenvalue weighted by Crippen LogP contribution is 2.23. The van der Waals surface area contributed by atoms with E-state index in [0.717, 1.165) is 20.8 Å². The van der Waals surface area contributed by atoms with Gasteiger partial charge in [0.25, 0.3) is 0 Å². The lowest BCUT2D eigenvalue weighted by atomic mass is 10.2. The van der Waals surface area contributed by atoms with Crippen molar-refractivity contribution in [3.63, 3.8) is 0 Å². The molecule has 0 fully saturated rings. The number of hydrogen-bond acceptors (Lipinski definition) is 6. The van der Waals surface area contributed by atoms with Crippen molar-refractivity contribution in [1.82, 2.24) is 10.2 Å². The molecule has 0 aliphatic rings. The number of halogens is 1. The van der Waals surface area contributed by atoms with Crippen LogP contribution in [-0.2, 0) is 6.61 Å². The summed E-state index contributed by atoms with van der Waals surface area (Å²) in [4.78, 5) is 0. The van der Waals surface area contributed by atoms with Gasteiger partial charge in [0.05, 0.1) is 0 Å². The number of aromatic nitrogens is 2. The first-order valence-electron chi connectivity index (χ1n) is 4.87. The average molecular weight is 315 g/mol. The van der Waals surface area contributed by atoms with Crippen molar-refractivity contribution in [2.75, 3.05) is 5.43 Å². The minimum Gasteiger partial charge on any atom is -0.486 e. The van der Waals surface area contributed by atoms with Crippen LogP contribution < -0.4 is 16.0 Å². The van der Waals surface area contributed by atoms with Crippen LogP contribution in [0.2, 0.25) is 0 Å². The summed E-state index contributed by atoms with van der Waals surface area (Å²) in [7, 11) is 0. The minimum absolute atomic E-state index is 0.389. The SMILES string of the molecule is Cc1cc(OCc2nnc(NN)s2)ccc1Br. The third-order valence-corrected chi connectivity index (χ3v) is 3.80. The Morgan fingerprint density at radius 1 is 1.47 bits per heavy atom. The molecule has 90 valence electrons. The van der Waals surface area contributed by atoms with Crippen molar-refractivity contribution in [2.45, 2.75) is 13.5 Å². The molecule has 0 unspecified atom stereocenters. The van der Waals surface area contributed by atoms with E-state index in [1.54, 1.807) is 0 Å². The molecule has 0 aliphatic carbocycles. The molecule has 2 rings (SSSR count). The summed E-state index contributed by atoms with van der Waals surface area (Å²) in [6.45, 7) is 2.40. The highest BCUT2D eigenvalue weighted by molar-refractivity contribution is 9.10. The van der Waals surface area contributed by atoms with Crippen molar-refractivity contribution < 1.29 is 4.74 Å². The predicted octanol–water partition coefficient (Wildman–Crippen LogP) is 2.47. The molecule has 2 aromatic rings.